The normalized spacial score (nSPS) is 10.1. The van der Waals surface area contributed by atoms with Crippen molar-refractivity contribution < 1.29 is 0 Å². The lowest BCUT2D eigenvalue weighted by atomic mass is 10.3. The van der Waals surface area contributed by atoms with Crippen molar-refractivity contribution in [2.75, 3.05) is 19.0 Å². The first kappa shape index (κ1) is 9.21. The van der Waals surface area contributed by atoms with Gasteiger partial charge in [0, 0.05) is 31.4 Å². The summed E-state index contributed by atoms with van der Waals surface area (Å²) >= 11 is 1.73. The Balaban J connectivity index is 2.34. The number of thiophene rings is 1. The summed E-state index contributed by atoms with van der Waals surface area (Å²) in [6.45, 7) is 0. The van der Waals surface area contributed by atoms with Crippen molar-refractivity contribution in [3.05, 3.63) is 35.8 Å². The summed E-state index contributed by atoms with van der Waals surface area (Å²) in [5.74, 6) is 0. The van der Waals surface area contributed by atoms with Crippen molar-refractivity contribution >= 4 is 17.0 Å². The van der Waals surface area contributed by atoms with Gasteiger partial charge < -0.3 is 4.90 Å². The van der Waals surface area contributed by atoms with E-state index in [1.165, 1.54) is 10.6 Å². The van der Waals surface area contributed by atoms with Crippen LogP contribution in [0.2, 0.25) is 0 Å². The van der Waals surface area contributed by atoms with Crippen LogP contribution < -0.4 is 4.90 Å². The van der Waals surface area contributed by atoms with Crippen LogP contribution in [0.15, 0.2) is 35.8 Å². The van der Waals surface area contributed by atoms with Crippen LogP contribution in [-0.4, -0.2) is 19.1 Å². The molecule has 14 heavy (non-hydrogen) atoms. The topological polar surface area (TPSA) is 16.1 Å². The fourth-order valence-electron chi connectivity index (χ4n) is 1.20. The first-order valence-corrected chi connectivity index (χ1v) is 5.32. The Morgan fingerprint density at radius 2 is 2.14 bits per heavy atom. The molecule has 0 aromatic carbocycles. The summed E-state index contributed by atoms with van der Waals surface area (Å²) in [5, 5.41) is 2.14. The molecule has 0 atom stereocenters. The van der Waals surface area contributed by atoms with Gasteiger partial charge in [0.15, 0.2) is 0 Å². The molecule has 0 fully saturated rings. The quantitative estimate of drug-likeness (QED) is 0.747. The SMILES string of the molecule is CN(C)c1csc(-c2ccccn2)c1. The molecule has 0 radical (unpaired) electrons. The molecular weight excluding hydrogens is 192 g/mol. The molecule has 2 rings (SSSR count). The zero-order chi connectivity index (χ0) is 9.97. The molecule has 0 amide bonds. The molecule has 3 heteroatoms. The van der Waals surface area contributed by atoms with Crippen LogP contribution in [-0.2, 0) is 0 Å². The summed E-state index contributed by atoms with van der Waals surface area (Å²) < 4.78 is 0. The number of anilines is 1. The van der Waals surface area contributed by atoms with E-state index >= 15 is 0 Å². The van der Waals surface area contributed by atoms with Crippen LogP contribution in [0.1, 0.15) is 0 Å². The smallest absolute Gasteiger partial charge is 0.0802 e. The molecule has 0 unspecified atom stereocenters. The Morgan fingerprint density at radius 3 is 2.71 bits per heavy atom. The second kappa shape index (κ2) is 3.80. The average Bonchev–Trinajstić information content (AvgIpc) is 2.68. The predicted octanol–water partition coefficient (Wildman–Crippen LogP) is 2.88. The molecule has 0 spiro atoms. The maximum Gasteiger partial charge on any atom is 0.0802 e. The Hall–Kier alpha value is -1.35. The third-order valence-corrected chi connectivity index (χ3v) is 2.96. The number of rotatable bonds is 2. The minimum Gasteiger partial charge on any atom is -0.377 e. The Bertz CT molecular complexity index is 406. The third kappa shape index (κ3) is 1.77. The second-order valence-corrected chi connectivity index (χ2v) is 4.19. The van der Waals surface area contributed by atoms with E-state index in [2.05, 4.69) is 21.3 Å². The second-order valence-electron chi connectivity index (χ2n) is 3.28. The minimum absolute atomic E-state index is 1.05. The molecule has 72 valence electrons. The standard InChI is InChI=1S/C11H12N2S/c1-13(2)9-7-11(14-8-9)10-5-3-4-6-12-10/h3-8H,1-2H3. The van der Waals surface area contributed by atoms with E-state index in [9.17, 15) is 0 Å². The van der Waals surface area contributed by atoms with Gasteiger partial charge in [0.25, 0.3) is 0 Å². The highest BCUT2D eigenvalue weighted by Crippen LogP contribution is 2.29. The van der Waals surface area contributed by atoms with Gasteiger partial charge in [-0.3, -0.25) is 4.98 Å². The van der Waals surface area contributed by atoms with Crippen molar-refractivity contribution in [1.82, 2.24) is 4.98 Å². The Morgan fingerprint density at radius 1 is 1.29 bits per heavy atom. The van der Waals surface area contributed by atoms with E-state index in [0.29, 0.717) is 0 Å². The monoisotopic (exact) mass is 204 g/mol. The van der Waals surface area contributed by atoms with Crippen LogP contribution in [0.3, 0.4) is 0 Å². The van der Waals surface area contributed by atoms with Gasteiger partial charge in [-0.15, -0.1) is 11.3 Å². The van der Waals surface area contributed by atoms with Crippen molar-refractivity contribution in [1.29, 1.82) is 0 Å². The lowest BCUT2D eigenvalue weighted by molar-refractivity contribution is 1.14. The molecule has 2 aromatic rings. The molecular formula is C11H12N2S. The summed E-state index contributed by atoms with van der Waals surface area (Å²) in [5.41, 5.74) is 2.28. The molecule has 0 aliphatic carbocycles. The molecule has 2 nitrogen and oxygen atoms in total. The van der Waals surface area contributed by atoms with Gasteiger partial charge in [0.2, 0.25) is 0 Å². The molecule has 2 heterocycles. The molecule has 2 aromatic heterocycles. The largest absolute Gasteiger partial charge is 0.377 e. The van der Waals surface area contributed by atoms with E-state index in [1.54, 1.807) is 11.3 Å². The number of nitrogens with zero attached hydrogens (tertiary/aromatic N) is 2. The first-order valence-electron chi connectivity index (χ1n) is 4.44. The fraction of sp³-hybridized carbons (Fsp3) is 0.182. The number of pyridine rings is 1. The van der Waals surface area contributed by atoms with Crippen LogP contribution in [0.5, 0.6) is 0 Å². The van der Waals surface area contributed by atoms with Crippen molar-refractivity contribution in [3.8, 4) is 10.6 Å². The molecule has 0 bridgehead atoms. The van der Waals surface area contributed by atoms with Gasteiger partial charge in [0.1, 0.15) is 0 Å². The maximum atomic E-state index is 4.31. The highest BCUT2D eigenvalue weighted by atomic mass is 32.1. The van der Waals surface area contributed by atoms with Gasteiger partial charge in [-0.1, -0.05) is 6.07 Å². The molecule has 0 aliphatic heterocycles. The van der Waals surface area contributed by atoms with Gasteiger partial charge in [-0.2, -0.15) is 0 Å². The number of hydrogen-bond donors (Lipinski definition) is 0. The van der Waals surface area contributed by atoms with Crippen molar-refractivity contribution in [2.24, 2.45) is 0 Å². The summed E-state index contributed by atoms with van der Waals surface area (Å²) in [4.78, 5) is 7.63. The summed E-state index contributed by atoms with van der Waals surface area (Å²) in [6, 6.07) is 8.14. The van der Waals surface area contributed by atoms with E-state index in [4.69, 9.17) is 0 Å². The van der Waals surface area contributed by atoms with E-state index in [0.717, 1.165) is 5.69 Å². The van der Waals surface area contributed by atoms with E-state index in [-0.39, 0.29) is 0 Å². The summed E-state index contributed by atoms with van der Waals surface area (Å²) in [7, 11) is 4.09. The number of hydrogen-bond acceptors (Lipinski definition) is 3. The highest BCUT2D eigenvalue weighted by Gasteiger charge is 2.03. The zero-order valence-corrected chi connectivity index (χ0v) is 9.08. The van der Waals surface area contributed by atoms with Gasteiger partial charge in [-0.25, -0.2) is 0 Å². The van der Waals surface area contributed by atoms with Crippen molar-refractivity contribution in [3.63, 3.8) is 0 Å². The molecule has 0 saturated carbocycles. The number of aromatic nitrogens is 1. The van der Waals surface area contributed by atoms with Gasteiger partial charge in [0.05, 0.1) is 10.6 Å². The maximum absolute atomic E-state index is 4.31. The molecule has 0 saturated heterocycles. The zero-order valence-electron chi connectivity index (χ0n) is 8.27. The lowest BCUT2D eigenvalue weighted by Gasteiger charge is -2.07. The Labute approximate surface area is 87.8 Å². The third-order valence-electron chi connectivity index (χ3n) is 2.02. The van der Waals surface area contributed by atoms with Gasteiger partial charge >= 0.3 is 0 Å². The van der Waals surface area contributed by atoms with Crippen molar-refractivity contribution in [2.45, 2.75) is 0 Å². The molecule has 0 aliphatic rings. The lowest BCUT2D eigenvalue weighted by Crippen LogP contribution is -2.06. The fourth-order valence-corrected chi connectivity index (χ4v) is 2.16. The van der Waals surface area contributed by atoms with Crippen LogP contribution in [0.25, 0.3) is 10.6 Å². The Kier molecular flexibility index (Phi) is 2.50. The average molecular weight is 204 g/mol. The highest BCUT2D eigenvalue weighted by molar-refractivity contribution is 7.14. The van der Waals surface area contributed by atoms with Crippen LogP contribution >= 0.6 is 11.3 Å². The first-order chi connectivity index (χ1) is 6.77. The van der Waals surface area contributed by atoms with Gasteiger partial charge in [-0.05, 0) is 18.2 Å². The van der Waals surface area contributed by atoms with Crippen LogP contribution in [0.4, 0.5) is 5.69 Å². The molecule has 0 N–H and O–H groups in total. The van der Waals surface area contributed by atoms with E-state index in [1.807, 2.05) is 38.5 Å². The summed E-state index contributed by atoms with van der Waals surface area (Å²) in [6.07, 6.45) is 1.82. The minimum atomic E-state index is 1.05. The van der Waals surface area contributed by atoms with E-state index < -0.39 is 0 Å². The predicted molar refractivity (Wildman–Crippen MR) is 61.9 cm³/mol. The van der Waals surface area contributed by atoms with Crippen LogP contribution in [0, 0.1) is 0 Å².